The molecule has 1 aromatic carbocycles. The maximum atomic E-state index is 12.5. The maximum absolute atomic E-state index is 12.5. The molecule has 0 fully saturated rings. The molecule has 0 aliphatic carbocycles. The lowest BCUT2D eigenvalue weighted by molar-refractivity contribution is -0.116. The fourth-order valence-electron chi connectivity index (χ4n) is 2.44. The molecule has 124 valence electrons. The molecule has 1 aromatic heterocycles. The summed E-state index contributed by atoms with van der Waals surface area (Å²) in [6.45, 7) is 2.10. The van der Waals surface area contributed by atoms with Gasteiger partial charge in [-0.3, -0.25) is 9.59 Å². The number of aryl methyl sites for hydroxylation is 1. The van der Waals surface area contributed by atoms with Gasteiger partial charge in [-0.15, -0.1) is 0 Å². The number of fused-ring (bicyclic) bond motifs is 1. The predicted octanol–water partition coefficient (Wildman–Crippen LogP) is 2.04. The van der Waals surface area contributed by atoms with Gasteiger partial charge < -0.3 is 20.3 Å². The van der Waals surface area contributed by atoms with Gasteiger partial charge in [0.05, 0.1) is 24.9 Å². The van der Waals surface area contributed by atoms with Crippen LogP contribution in [0.5, 0.6) is 5.75 Å². The second kappa shape index (κ2) is 6.19. The topological polar surface area (TPSA) is 83.6 Å². The minimum atomic E-state index is -0.298. The van der Waals surface area contributed by atoms with Crippen LogP contribution in [0.1, 0.15) is 15.9 Å². The lowest BCUT2D eigenvalue weighted by Gasteiger charge is -2.26. The Morgan fingerprint density at radius 1 is 1.38 bits per heavy atom. The average molecular weight is 326 g/mol. The molecule has 2 heterocycles. The van der Waals surface area contributed by atoms with Crippen LogP contribution >= 0.6 is 0 Å². The number of carbonyl (C=O) groups is 2. The van der Waals surface area contributed by atoms with Gasteiger partial charge in [-0.2, -0.15) is 0 Å². The molecule has 2 N–H and O–H groups in total. The quantitative estimate of drug-likeness (QED) is 0.902. The van der Waals surface area contributed by atoms with E-state index in [0.29, 0.717) is 28.5 Å². The molecule has 0 radical (unpaired) electrons. The molecule has 2 aromatic rings. The zero-order chi connectivity index (χ0) is 17.3. The van der Waals surface area contributed by atoms with Gasteiger partial charge in [-0.1, -0.05) is 6.07 Å². The van der Waals surface area contributed by atoms with Crippen LogP contribution in [0, 0.1) is 6.92 Å². The Balaban J connectivity index is 1.87. The number of anilines is 3. The van der Waals surface area contributed by atoms with Crippen LogP contribution in [0.25, 0.3) is 0 Å². The number of carbonyl (C=O) groups excluding carboxylic acids is 2. The summed E-state index contributed by atoms with van der Waals surface area (Å²) < 4.78 is 5.18. The van der Waals surface area contributed by atoms with E-state index in [1.807, 2.05) is 19.1 Å². The van der Waals surface area contributed by atoms with Gasteiger partial charge >= 0.3 is 0 Å². The molecule has 0 saturated heterocycles. The second-order valence-electron chi connectivity index (χ2n) is 5.53. The van der Waals surface area contributed by atoms with Crippen LogP contribution in [0.4, 0.5) is 17.2 Å². The molecule has 7 nitrogen and oxygen atoms in total. The molecule has 1 aliphatic rings. The maximum Gasteiger partial charge on any atom is 0.257 e. The molecule has 0 spiro atoms. The van der Waals surface area contributed by atoms with Crippen LogP contribution in [0.15, 0.2) is 30.5 Å². The van der Waals surface area contributed by atoms with E-state index in [2.05, 4.69) is 15.6 Å². The van der Waals surface area contributed by atoms with E-state index >= 15 is 0 Å². The first-order chi connectivity index (χ1) is 11.5. The Morgan fingerprint density at radius 3 is 2.92 bits per heavy atom. The Labute approximate surface area is 139 Å². The van der Waals surface area contributed by atoms with Gasteiger partial charge in [0.15, 0.2) is 0 Å². The molecule has 0 atom stereocenters. The third-order valence-electron chi connectivity index (χ3n) is 3.97. The summed E-state index contributed by atoms with van der Waals surface area (Å²) in [5.41, 5.74) is 2.55. The molecule has 0 saturated carbocycles. The number of hydrogen-bond acceptors (Lipinski definition) is 5. The number of nitrogens with one attached hydrogen (secondary N) is 2. The van der Waals surface area contributed by atoms with E-state index in [1.165, 1.54) is 11.1 Å². The Morgan fingerprint density at radius 2 is 2.17 bits per heavy atom. The summed E-state index contributed by atoms with van der Waals surface area (Å²) in [5.74, 6) is 0.874. The summed E-state index contributed by atoms with van der Waals surface area (Å²) in [6, 6.07) is 7.11. The fourth-order valence-corrected chi connectivity index (χ4v) is 2.44. The highest BCUT2D eigenvalue weighted by Crippen LogP contribution is 2.28. The third kappa shape index (κ3) is 2.88. The Hall–Kier alpha value is -3.09. The lowest BCUT2D eigenvalue weighted by atomic mass is 10.1. The van der Waals surface area contributed by atoms with Crippen molar-refractivity contribution in [1.82, 2.24) is 4.98 Å². The number of rotatable bonds is 3. The molecule has 0 unspecified atom stereocenters. The molecule has 0 bridgehead atoms. The van der Waals surface area contributed by atoms with Crippen LogP contribution in [0.3, 0.4) is 0 Å². The highest BCUT2D eigenvalue weighted by Gasteiger charge is 2.23. The highest BCUT2D eigenvalue weighted by molar-refractivity contribution is 6.07. The number of nitrogens with zero attached hydrogens (tertiary/aromatic N) is 2. The normalized spacial score (nSPS) is 13.1. The molecule has 24 heavy (non-hydrogen) atoms. The van der Waals surface area contributed by atoms with E-state index in [4.69, 9.17) is 4.74 Å². The number of pyridine rings is 1. The van der Waals surface area contributed by atoms with Crippen LogP contribution in [0.2, 0.25) is 0 Å². The van der Waals surface area contributed by atoms with Gasteiger partial charge in [0.2, 0.25) is 5.91 Å². The van der Waals surface area contributed by atoms with Crippen molar-refractivity contribution >= 4 is 29.0 Å². The van der Waals surface area contributed by atoms with E-state index in [-0.39, 0.29) is 18.4 Å². The van der Waals surface area contributed by atoms with Crippen molar-refractivity contribution in [3.8, 4) is 5.75 Å². The summed E-state index contributed by atoms with van der Waals surface area (Å²) in [7, 11) is 3.24. The number of amides is 2. The molecular formula is C17H18N4O3. The summed E-state index contributed by atoms with van der Waals surface area (Å²) >= 11 is 0. The number of benzene rings is 1. The minimum Gasteiger partial charge on any atom is -0.497 e. The van der Waals surface area contributed by atoms with Crippen molar-refractivity contribution in [2.45, 2.75) is 6.92 Å². The smallest absolute Gasteiger partial charge is 0.257 e. The van der Waals surface area contributed by atoms with E-state index in [9.17, 15) is 9.59 Å². The highest BCUT2D eigenvalue weighted by atomic mass is 16.5. The van der Waals surface area contributed by atoms with Gasteiger partial charge in [0.1, 0.15) is 11.6 Å². The van der Waals surface area contributed by atoms with Crippen LogP contribution in [-0.2, 0) is 4.79 Å². The Bertz CT molecular complexity index is 819. The first-order valence-corrected chi connectivity index (χ1v) is 7.46. The molecular weight excluding hydrogens is 308 g/mol. The lowest BCUT2D eigenvalue weighted by Crippen LogP contribution is -2.37. The van der Waals surface area contributed by atoms with Crippen LogP contribution in [-0.4, -0.2) is 37.5 Å². The number of methoxy groups -OCH3 is 1. The number of ether oxygens (including phenoxy) is 1. The molecule has 3 rings (SSSR count). The number of likely N-dealkylation sites (N-methyl/N-ethyl adjacent to an activating group) is 1. The van der Waals surface area contributed by atoms with Gasteiger partial charge in [-0.05, 0) is 24.6 Å². The van der Waals surface area contributed by atoms with Crippen molar-refractivity contribution in [1.29, 1.82) is 0 Å². The average Bonchev–Trinajstić information content (AvgIpc) is 2.60. The van der Waals surface area contributed by atoms with E-state index in [1.54, 1.807) is 26.3 Å². The first kappa shape index (κ1) is 15.8. The van der Waals surface area contributed by atoms with Gasteiger partial charge in [0, 0.05) is 25.0 Å². The molecule has 2 amide bonds. The van der Waals surface area contributed by atoms with Crippen molar-refractivity contribution in [2.24, 2.45) is 0 Å². The van der Waals surface area contributed by atoms with Gasteiger partial charge in [-0.25, -0.2) is 4.98 Å². The third-order valence-corrected chi connectivity index (χ3v) is 3.97. The summed E-state index contributed by atoms with van der Waals surface area (Å²) in [6.07, 6.45) is 1.49. The van der Waals surface area contributed by atoms with Crippen molar-refractivity contribution < 1.29 is 14.3 Å². The van der Waals surface area contributed by atoms with Crippen molar-refractivity contribution in [3.63, 3.8) is 0 Å². The SMILES string of the molecule is COc1ccc(C)c(NC(=O)c2cnc3c(c2)N(C)C(=O)CN3)c1. The summed E-state index contributed by atoms with van der Waals surface area (Å²) in [4.78, 5) is 30.0. The fraction of sp³-hybridized carbons (Fsp3) is 0.235. The second-order valence-corrected chi connectivity index (χ2v) is 5.53. The van der Waals surface area contributed by atoms with Crippen molar-refractivity contribution in [2.75, 3.05) is 36.2 Å². The minimum absolute atomic E-state index is 0.0782. The largest absolute Gasteiger partial charge is 0.497 e. The summed E-state index contributed by atoms with van der Waals surface area (Å²) in [5, 5.41) is 5.78. The standard InChI is InChI=1S/C17H18N4O3/c1-10-4-5-12(24-3)7-13(10)20-17(23)11-6-14-16(18-8-11)19-9-15(22)21(14)2/h4-8H,9H2,1-3H3,(H,18,19)(H,20,23). The number of hydrogen-bond donors (Lipinski definition) is 2. The Kier molecular flexibility index (Phi) is 4.07. The molecule has 7 heteroatoms. The zero-order valence-corrected chi connectivity index (χ0v) is 13.7. The van der Waals surface area contributed by atoms with Crippen molar-refractivity contribution in [3.05, 3.63) is 41.6 Å². The van der Waals surface area contributed by atoms with E-state index < -0.39 is 0 Å². The predicted molar refractivity (Wildman–Crippen MR) is 91.8 cm³/mol. The van der Waals surface area contributed by atoms with Gasteiger partial charge in [0.25, 0.3) is 5.91 Å². The zero-order valence-electron chi connectivity index (χ0n) is 13.7. The first-order valence-electron chi connectivity index (χ1n) is 7.46. The number of aromatic nitrogens is 1. The monoisotopic (exact) mass is 326 g/mol. The van der Waals surface area contributed by atoms with E-state index in [0.717, 1.165) is 5.56 Å². The van der Waals surface area contributed by atoms with Crippen LogP contribution < -0.4 is 20.3 Å². The molecule has 1 aliphatic heterocycles.